The SMILES string of the molecule is CCCCOc1cccc(CCCC(C(=O)OC)N2CCN(C(CO)C(=O)OC)CCN(C(CO)C(=O)OC)CCN(C(CO)C(=O)OC)CC2)c1. The highest BCUT2D eigenvalue weighted by Crippen LogP contribution is 2.19. The first-order chi connectivity index (χ1) is 25.1. The third-order valence-corrected chi connectivity index (χ3v) is 9.48. The Morgan fingerprint density at radius 2 is 1.00 bits per heavy atom. The minimum Gasteiger partial charge on any atom is -0.494 e. The van der Waals surface area contributed by atoms with Crippen LogP contribution in [0.4, 0.5) is 0 Å². The molecule has 16 heteroatoms. The molecule has 1 heterocycles. The van der Waals surface area contributed by atoms with Crippen molar-refractivity contribution in [3.8, 4) is 5.75 Å². The number of unbranched alkanes of at least 4 members (excludes halogenated alkanes) is 1. The van der Waals surface area contributed by atoms with Gasteiger partial charge < -0.3 is 39.0 Å². The van der Waals surface area contributed by atoms with Crippen molar-refractivity contribution in [3.63, 3.8) is 0 Å². The maximum atomic E-state index is 13.4. The quantitative estimate of drug-likeness (QED) is 0.0940. The largest absolute Gasteiger partial charge is 0.494 e. The van der Waals surface area contributed by atoms with Gasteiger partial charge in [-0.25, -0.2) is 0 Å². The fourth-order valence-electron chi connectivity index (χ4n) is 6.36. The number of aryl methyl sites for hydroxylation is 1. The second kappa shape index (κ2) is 24.8. The molecule has 0 spiro atoms. The molecular weight excluding hydrogens is 680 g/mol. The van der Waals surface area contributed by atoms with Crippen molar-refractivity contribution in [2.45, 2.75) is 63.2 Å². The fraction of sp³-hybridized carbons (Fsp3) is 0.722. The van der Waals surface area contributed by atoms with E-state index in [2.05, 4.69) is 6.92 Å². The Kier molecular flexibility index (Phi) is 21.3. The Hall–Kier alpha value is -3.38. The predicted molar refractivity (Wildman–Crippen MR) is 191 cm³/mol. The van der Waals surface area contributed by atoms with Crippen molar-refractivity contribution in [3.05, 3.63) is 29.8 Å². The van der Waals surface area contributed by atoms with Gasteiger partial charge in [0.15, 0.2) is 0 Å². The molecule has 1 aromatic carbocycles. The molecule has 1 aromatic rings. The van der Waals surface area contributed by atoms with Crippen LogP contribution in [0.1, 0.15) is 38.2 Å². The van der Waals surface area contributed by atoms with Gasteiger partial charge in [0.05, 0.1) is 54.9 Å². The zero-order valence-corrected chi connectivity index (χ0v) is 31.4. The third kappa shape index (κ3) is 13.9. The van der Waals surface area contributed by atoms with E-state index in [-0.39, 0.29) is 52.4 Å². The molecule has 0 radical (unpaired) electrons. The molecule has 0 aliphatic carbocycles. The lowest BCUT2D eigenvalue weighted by atomic mass is 10.0. The molecule has 4 atom stereocenters. The van der Waals surface area contributed by atoms with E-state index >= 15 is 0 Å². The van der Waals surface area contributed by atoms with E-state index in [1.165, 1.54) is 28.4 Å². The molecular formula is C36H60N4O12. The molecule has 0 aromatic heterocycles. The van der Waals surface area contributed by atoms with E-state index in [1.807, 2.05) is 29.2 Å². The number of rotatable bonds is 19. The molecule has 1 aliphatic heterocycles. The Balaban J connectivity index is 2.47. The maximum Gasteiger partial charge on any atom is 0.325 e. The minimum atomic E-state index is -1.06. The number of aliphatic hydroxyl groups excluding tert-OH is 3. The van der Waals surface area contributed by atoms with Crippen LogP contribution in [-0.4, -0.2) is 190 Å². The first kappa shape index (κ1) is 44.8. The number of hydrogen-bond acceptors (Lipinski definition) is 16. The molecule has 2 rings (SSSR count). The molecule has 3 N–H and O–H groups in total. The zero-order chi connectivity index (χ0) is 38.5. The van der Waals surface area contributed by atoms with Crippen LogP contribution >= 0.6 is 0 Å². The second-order valence-corrected chi connectivity index (χ2v) is 12.6. The predicted octanol–water partition coefficient (Wildman–Crippen LogP) is -0.447. The third-order valence-electron chi connectivity index (χ3n) is 9.48. The van der Waals surface area contributed by atoms with Crippen LogP contribution in [0.2, 0.25) is 0 Å². The number of hydrogen-bond donors (Lipinski definition) is 3. The zero-order valence-electron chi connectivity index (χ0n) is 31.4. The van der Waals surface area contributed by atoms with E-state index in [0.29, 0.717) is 25.9 Å². The number of carbonyl (C=O) groups is 4. The molecule has 4 unspecified atom stereocenters. The van der Waals surface area contributed by atoms with Crippen molar-refractivity contribution >= 4 is 23.9 Å². The highest BCUT2D eigenvalue weighted by Gasteiger charge is 2.35. The lowest BCUT2D eigenvalue weighted by Gasteiger charge is -2.39. The molecule has 1 fully saturated rings. The molecule has 0 amide bonds. The molecule has 296 valence electrons. The highest BCUT2D eigenvalue weighted by atomic mass is 16.5. The van der Waals surface area contributed by atoms with Crippen molar-refractivity contribution in [2.24, 2.45) is 0 Å². The van der Waals surface area contributed by atoms with Gasteiger partial charge in [-0.1, -0.05) is 25.5 Å². The lowest BCUT2D eigenvalue weighted by Crippen LogP contribution is -2.57. The Morgan fingerprint density at radius 3 is 1.37 bits per heavy atom. The van der Waals surface area contributed by atoms with Gasteiger partial charge in [0.1, 0.15) is 29.9 Å². The molecule has 1 aliphatic rings. The smallest absolute Gasteiger partial charge is 0.325 e. The maximum absolute atomic E-state index is 13.4. The Morgan fingerprint density at radius 1 is 0.615 bits per heavy atom. The first-order valence-electron chi connectivity index (χ1n) is 17.9. The van der Waals surface area contributed by atoms with Gasteiger partial charge >= 0.3 is 23.9 Å². The normalized spacial score (nSPS) is 18.2. The van der Waals surface area contributed by atoms with E-state index in [9.17, 15) is 34.5 Å². The Labute approximate surface area is 307 Å². The van der Waals surface area contributed by atoms with Crippen molar-refractivity contribution in [2.75, 3.05) is 107 Å². The van der Waals surface area contributed by atoms with E-state index < -0.39 is 67.9 Å². The number of benzene rings is 1. The summed E-state index contributed by atoms with van der Waals surface area (Å²) in [6, 6.07) is 4.04. The summed E-state index contributed by atoms with van der Waals surface area (Å²) in [6.45, 7) is 2.57. The molecule has 0 saturated carbocycles. The first-order valence-corrected chi connectivity index (χ1v) is 17.9. The van der Waals surface area contributed by atoms with Gasteiger partial charge in [-0.2, -0.15) is 0 Å². The molecule has 52 heavy (non-hydrogen) atoms. The van der Waals surface area contributed by atoms with Crippen molar-refractivity contribution in [1.82, 2.24) is 19.6 Å². The van der Waals surface area contributed by atoms with E-state index in [0.717, 1.165) is 24.2 Å². The van der Waals surface area contributed by atoms with Crippen LogP contribution in [0.5, 0.6) is 5.75 Å². The number of nitrogens with zero attached hydrogens (tertiary/aromatic N) is 4. The topological polar surface area (TPSA) is 188 Å². The van der Waals surface area contributed by atoms with Crippen molar-refractivity contribution < 1.29 is 58.2 Å². The van der Waals surface area contributed by atoms with Gasteiger partial charge in [0.2, 0.25) is 0 Å². The highest BCUT2D eigenvalue weighted by molar-refractivity contribution is 5.77. The summed E-state index contributed by atoms with van der Waals surface area (Å²) < 4.78 is 26.1. The van der Waals surface area contributed by atoms with E-state index in [4.69, 9.17) is 23.7 Å². The molecule has 0 bridgehead atoms. The van der Waals surface area contributed by atoms with Crippen LogP contribution in [0.25, 0.3) is 0 Å². The van der Waals surface area contributed by atoms with Crippen LogP contribution < -0.4 is 4.74 Å². The van der Waals surface area contributed by atoms with Crippen LogP contribution in [0.15, 0.2) is 24.3 Å². The number of esters is 4. The molecule has 16 nitrogen and oxygen atoms in total. The number of ether oxygens (including phenoxy) is 5. The summed E-state index contributed by atoms with van der Waals surface area (Å²) in [5.74, 6) is -1.63. The van der Waals surface area contributed by atoms with Gasteiger partial charge in [0.25, 0.3) is 0 Å². The van der Waals surface area contributed by atoms with Gasteiger partial charge in [-0.05, 0) is 43.4 Å². The summed E-state index contributed by atoms with van der Waals surface area (Å²) >= 11 is 0. The van der Waals surface area contributed by atoms with Crippen molar-refractivity contribution in [1.29, 1.82) is 0 Å². The summed E-state index contributed by atoms with van der Waals surface area (Å²) in [5, 5.41) is 30.7. The van der Waals surface area contributed by atoms with Crippen LogP contribution in [0, 0.1) is 0 Å². The Bertz CT molecular complexity index is 1180. The second-order valence-electron chi connectivity index (χ2n) is 12.6. The van der Waals surface area contributed by atoms with Gasteiger partial charge in [0, 0.05) is 52.4 Å². The minimum absolute atomic E-state index is 0.144. The van der Waals surface area contributed by atoms with Crippen LogP contribution in [0.3, 0.4) is 0 Å². The number of carbonyl (C=O) groups excluding carboxylic acids is 4. The van der Waals surface area contributed by atoms with Crippen LogP contribution in [-0.2, 0) is 44.5 Å². The lowest BCUT2D eigenvalue weighted by molar-refractivity contribution is -0.153. The van der Waals surface area contributed by atoms with Gasteiger partial charge in [-0.3, -0.25) is 38.8 Å². The standard InChI is InChI=1S/C36H60N4O12/c1-6-7-22-52-28-12-8-10-27(23-28)11-9-13-29(33(44)48-2)37-14-16-38(30(24-41)34(45)49-3)18-20-40(32(26-43)36(47)51-5)21-19-39(17-15-37)31(25-42)35(46)50-4/h8,10,12,23,29-32,41-43H,6-7,9,11,13-22,24-26H2,1-5H3. The number of aliphatic hydroxyl groups is 3. The monoisotopic (exact) mass is 740 g/mol. The fourth-order valence-corrected chi connectivity index (χ4v) is 6.36. The van der Waals surface area contributed by atoms with E-state index in [1.54, 1.807) is 14.7 Å². The summed E-state index contributed by atoms with van der Waals surface area (Å²) in [5.41, 5.74) is 1.06. The van der Waals surface area contributed by atoms with Gasteiger partial charge in [-0.15, -0.1) is 0 Å². The summed E-state index contributed by atoms with van der Waals surface area (Å²) in [4.78, 5) is 58.8. The average molecular weight is 741 g/mol. The average Bonchev–Trinajstić information content (AvgIpc) is 3.16. The summed E-state index contributed by atoms with van der Waals surface area (Å²) in [7, 11) is 5.00. The molecule has 1 saturated heterocycles. The summed E-state index contributed by atoms with van der Waals surface area (Å²) in [6.07, 6.45) is 3.74. The number of methoxy groups -OCH3 is 4.